The zero-order chi connectivity index (χ0) is 26.6. The summed E-state index contributed by atoms with van der Waals surface area (Å²) in [4.78, 5) is 35.1. The number of halogens is 1. The predicted octanol–water partition coefficient (Wildman–Crippen LogP) is 4.32. The maximum absolute atomic E-state index is 13.3. The molecule has 1 N–H and O–H groups in total. The fourth-order valence-electron chi connectivity index (χ4n) is 4.58. The smallest absolute Gasteiger partial charge is 0.246 e. The number of anilines is 1. The summed E-state index contributed by atoms with van der Waals surface area (Å²) < 4.78 is 7.32. The van der Waals surface area contributed by atoms with E-state index in [2.05, 4.69) is 36.2 Å². The Morgan fingerprint density at radius 3 is 2.50 bits per heavy atom. The van der Waals surface area contributed by atoms with Crippen LogP contribution in [0, 0.1) is 19.8 Å². The van der Waals surface area contributed by atoms with E-state index in [9.17, 15) is 9.59 Å². The number of rotatable bonds is 9. The van der Waals surface area contributed by atoms with Crippen molar-refractivity contribution in [3.63, 3.8) is 0 Å². The molecule has 3 aromatic rings. The van der Waals surface area contributed by atoms with E-state index in [0.717, 1.165) is 49.3 Å². The van der Waals surface area contributed by atoms with E-state index >= 15 is 0 Å². The topological polar surface area (TPSA) is 79.7 Å². The zero-order valence-corrected chi connectivity index (χ0v) is 22.7. The highest BCUT2D eigenvalue weighted by Crippen LogP contribution is 2.31. The Kier molecular flexibility index (Phi) is 8.12. The Balaban J connectivity index is 1.36. The number of imidazole rings is 1. The molecular formula is C29H34ClN5O3. The second-order valence-corrected chi connectivity index (χ2v) is 10.6. The number of hydrogen-bond acceptors (Lipinski definition) is 5. The summed E-state index contributed by atoms with van der Waals surface area (Å²) in [6.07, 6.45) is 3.71. The minimum absolute atomic E-state index is 0.00423. The Morgan fingerprint density at radius 1 is 1.08 bits per heavy atom. The van der Waals surface area contributed by atoms with Crippen molar-refractivity contribution < 1.29 is 14.3 Å². The van der Waals surface area contributed by atoms with Crippen LogP contribution in [0.25, 0.3) is 16.9 Å². The SMILES string of the molecule is Cc1ccc(-n2cc(-c3ccc(Cl)cc3)nc2NC(=O)CN(CCN2CCOCC2)C(=O)C2CC2)cc1C. The van der Waals surface area contributed by atoms with Gasteiger partial charge in [0.1, 0.15) is 0 Å². The second kappa shape index (κ2) is 11.7. The van der Waals surface area contributed by atoms with E-state index < -0.39 is 0 Å². The molecule has 8 nitrogen and oxygen atoms in total. The van der Waals surface area contributed by atoms with Gasteiger partial charge in [-0.25, -0.2) is 4.98 Å². The number of morpholine rings is 1. The number of aryl methyl sites for hydroxylation is 2. The van der Waals surface area contributed by atoms with Crippen LogP contribution in [0.1, 0.15) is 24.0 Å². The van der Waals surface area contributed by atoms with Crippen LogP contribution < -0.4 is 5.32 Å². The van der Waals surface area contributed by atoms with Crippen molar-refractivity contribution in [3.05, 3.63) is 64.8 Å². The highest BCUT2D eigenvalue weighted by molar-refractivity contribution is 6.30. The lowest BCUT2D eigenvalue weighted by Crippen LogP contribution is -2.45. The lowest BCUT2D eigenvalue weighted by Gasteiger charge is -2.30. The third-order valence-corrected chi connectivity index (χ3v) is 7.48. The van der Waals surface area contributed by atoms with E-state index in [-0.39, 0.29) is 24.3 Å². The number of carbonyl (C=O) groups excluding carboxylic acids is 2. The highest BCUT2D eigenvalue weighted by atomic mass is 35.5. The molecule has 5 rings (SSSR count). The van der Waals surface area contributed by atoms with Crippen molar-refractivity contribution in [1.82, 2.24) is 19.4 Å². The lowest BCUT2D eigenvalue weighted by molar-refractivity contribution is -0.136. The Hall–Kier alpha value is -3.20. The minimum Gasteiger partial charge on any atom is -0.379 e. The van der Waals surface area contributed by atoms with Crippen molar-refractivity contribution in [3.8, 4) is 16.9 Å². The second-order valence-electron chi connectivity index (χ2n) is 10.1. The van der Waals surface area contributed by atoms with Gasteiger partial charge in [-0.2, -0.15) is 0 Å². The number of carbonyl (C=O) groups is 2. The van der Waals surface area contributed by atoms with Crippen LogP contribution in [0.4, 0.5) is 5.95 Å². The van der Waals surface area contributed by atoms with Gasteiger partial charge in [-0.1, -0.05) is 29.8 Å². The number of benzene rings is 2. The maximum Gasteiger partial charge on any atom is 0.246 e. The monoisotopic (exact) mass is 535 g/mol. The van der Waals surface area contributed by atoms with Crippen LogP contribution in [0.3, 0.4) is 0 Å². The third kappa shape index (κ3) is 6.43. The fraction of sp³-hybridized carbons (Fsp3) is 0.414. The summed E-state index contributed by atoms with van der Waals surface area (Å²) in [5.41, 5.74) is 4.84. The minimum atomic E-state index is -0.265. The molecule has 38 heavy (non-hydrogen) atoms. The first-order chi connectivity index (χ1) is 18.4. The third-order valence-electron chi connectivity index (χ3n) is 7.23. The lowest BCUT2D eigenvalue weighted by atomic mass is 10.1. The van der Waals surface area contributed by atoms with Gasteiger partial charge in [0.2, 0.25) is 17.8 Å². The molecule has 9 heteroatoms. The molecule has 1 saturated carbocycles. The summed E-state index contributed by atoms with van der Waals surface area (Å²) in [7, 11) is 0. The van der Waals surface area contributed by atoms with E-state index in [1.54, 1.807) is 4.90 Å². The quantitative estimate of drug-likeness (QED) is 0.441. The standard InChI is InChI=1S/C29H34ClN5O3/c1-20-3-10-25(17-21(20)2)35-18-26(22-6-8-24(30)9-7-22)31-29(35)32-27(36)19-34(28(37)23-4-5-23)12-11-33-13-15-38-16-14-33/h3,6-10,17-18,23H,4-5,11-16,19H2,1-2H3,(H,31,32,36). The number of ether oxygens (including phenoxy) is 1. The molecule has 0 bridgehead atoms. The summed E-state index contributed by atoms with van der Waals surface area (Å²) in [6, 6.07) is 13.6. The average Bonchev–Trinajstić information content (AvgIpc) is 3.69. The fourth-order valence-corrected chi connectivity index (χ4v) is 4.71. The molecule has 2 aliphatic rings. The zero-order valence-electron chi connectivity index (χ0n) is 22.0. The van der Waals surface area contributed by atoms with Crippen molar-refractivity contribution in [2.75, 3.05) is 51.3 Å². The molecule has 0 unspecified atom stereocenters. The molecule has 1 aliphatic heterocycles. The van der Waals surface area contributed by atoms with E-state index in [0.29, 0.717) is 36.4 Å². The summed E-state index contributed by atoms with van der Waals surface area (Å²) >= 11 is 6.08. The van der Waals surface area contributed by atoms with E-state index in [1.807, 2.05) is 41.1 Å². The van der Waals surface area contributed by atoms with Gasteiger partial charge in [0.15, 0.2) is 0 Å². The maximum atomic E-state index is 13.3. The number of aromatic nitrogens is 2. The molecule has 1 aromatic heterocycles. The van der Waals surface area contributed by atoms with E-state index in [4.69, 9.17) is 21.3 Å². The van der Waals surface area contributed by atoms with Crippen LogP contribution in [0.2, 0.25) is 5.02 Å². The summed E-state index contributed by atoms with van der Waals surface area (Å²) in [6.45, 7) is 8.47. The molecule has 0 atom stereocenters. The number of amides is 2. The molecule has 0 radical (unpaired) electrons. The first kappa shape index (κ1) is 26.4. The first-order valence-corrected chi connectivity index (χ1v) is 13.6. The van der Waals surface area contributed by atoms with Gasteiger partial charge < -0.3 is 9.64 Å². The van der Waals surface area contributed by atoms with Crippen molar-refractivity contribution in [2.45, 2.75) is 26.7 Å². The Labute approximate surface area is 228 Å². The molecule has 2 amide bonds. The Bertz CT molecular complexity index is 1300. The van der Waals surface area contributed by atoms with Gasteiger partial charge in [-0.05, 0) is 62.1 Å². The number of nitrogens with zero attached hydrogens (tertiary/aromatic N) is 4. The molecule has 2 fully saturated rings. The van der Waals surface area contributed by atoms with Gasteiger partial charge in [-0.3, -0.25) is 24.4 Å². The van der Waals surface area contributed by atoms with Crippen LogP contribution in [-0.2, 0) is 14.3 Å². The summed E-state index contributed by atoms with van der Waals surface area (Å²) in [5, 5.41) is 3.63. The van der Waals surface area contributed by atoms with Crippen molar-refractivity contribution in [2.24, 2.45) is 5.92 Å². The van der Waals surface area contributed by atoms with Crippen molar-refractivity contribution >= 4 is 29.4 Å². The van der Waals surface area contributed by atoms with Crippen LogP contribution >= 0.6 is 11.6 Å². The van der Waals surface area contributed by atoms with E-state index in [1.165, 1.54) is 5.56 Å². The van der Waals surface area contributed by atoms with Gasteiger partial charge in [0, 0.05) is 54.6 Å². The molecular weight excluding hydrogens is 502 g/mol. The highest BCUT2D eigenvalue weighted by Gasteiger charge is 2.34. The van der Waals surface area contributed by atoms with Gasteiger partial charge in [0.05, 0.1) is 25.5 Å². The van der Waals surface area contributed by atoms with Crippen LogP contribution in [0.15, 0.2) is 48.7 Å². The molecule has 0 spiro atoms. The average molecular weight is 536 g/mol. The molecule has 2 heterocycles. The molecule has 1 aliphatic carbocycles. The van der Waals surface area contributed by atoms with Gasteiger partial charge in [-0.15, -0.1) is 0 Å². The number of hydrogen-bond donors (Lipinski definition) is 1. The normalized spacial score (nSPS) is 15.9. The largest absolute Gasteiger partial charge is 0.379 e. The van der Waals surface area contributed by atoms with Crippen LogP contribution in [-0.4, -0.2) is 77.1 Å². The molecule has 2 aromatic carbocycles. The van der Waals surface area contributed by atoms with Gasteiger partial charge >= 0.3 is 0 Å². The van der Waals surface area contributed by atoms with Crippen molar-refractivity contribution in [1.29, 1.82) is 0 Å². The summed E-state index contributed by atoms with van der Waals surface area (Å²) in [5.74, 6) is 0.254. The van der Waals surface area contributed by atoms with Gasteiger partial charge in [0.25, 0.3) is 0 Å². The van der Waals surface area contributed by atoms with Crippen LogP contribution in [0.5, 0.6) is 0 Å². The molecule has 1 saturated heterocycles. The molecule has 200 valence electrons. The Morgan fingerprint density at radius 2 is 1.82 bits per heavy atom. The number of nitrogens with one attached hydrogen (secondary N) is 1. The first-order valence-electron chi connectivity index (χ1n) is 13.2. The predicted molar refractivity (Wildman–Crippen MR) is 149 cm³/mol.